The first-order valence-electron chi connectivity index (χ1n) is 7.49. The summed E-state index contributed by atoms with van der Waals surface area (Å²) in [4.78, 5) is 36.8. The molecule has 0 amide bonds. The van der Waals surface area contributed by atoms with Gasteiger partial charge in [0.2, 0.25) is 0 Å². The molecule has 242 valence electrons. The third kappa shape index (κ3) is 14.0. The molecule has 0 aromatic rings. The number of hydrogen-bond acceptors (Lipinski definition) is 4. The molecule has 4 N–H and O–H groups in total. The van der Waals surface area contributed by atoms with Crippen molar-refractivity contribution in [1.29, 1.82) is 0 Å². The normalized spacial score (nSPS) is 13.0. The molecule has 0 saturated carbocycles. The van der Waals surface area contributed by atoms with Gasteiger partial charge in [-0.25, -0.2) is 19.2 Å². The summed E-state index contributed by atoms with van der Waals surface area (Å²) >= 11 is 0. The second-order valence-electron chi connectivity index (χ2n) is 5.51. The Morgan fingerprint density at radius 3 is 0.390 bits per heavy atom. The van der Waals surface area contributed by atoms with E-state index in [4.69, 9.17) is 20.4 Å². The van der Waals surface area contributed by atoms with Gasteiger partial charge in [0.25, 0.3) is 0 Å². The standard InChI is InChI=1S/4C3HF5O2.Li.H/c4*4-2(5,1(9)10)3(6,7)8;;/h4*(H,9,10);;/q;;;;+1;-1. The summed E-state index contributed by atoms with van der Waals surface area (Å²) in [5, 5.41) is 29.2. The molecule has 0 fully saturated rings. The first-order valence-corrected chi connectivity index (χ1v) is 7.49. The molecule has 0 spiro atoms. The Morgan fingerprint density at radius 2 is 0.390 bits per heavy atom. The Kier molecular flexibility index (Phi) is 17.3. The Bertz CT molecular complexity index is 747. The number of carbonyl (C=O) groups is 4. The molecule has 0 saturated heterocycles. The Morgan fingerprint density at radius 1 is 0.317 bits per heavy atom. The van der Waals surface area contributed by atoms with Crippen LogP contribution in [-0.4, -0.2) is 92.7 Å². The average Bonchev–Trinajstić information content (AvgIpc) is 2.65. The van der Waals surface area contributed by atoms with Crippen molar-refractivity contribution in [2.75, 3.05) is 0 Å². The van der Waals surface area contributed by atoms with Crippen molar-refractivity contribution in [3.8, 4) is 0 Å². The Hall–Kier alpha value is -2.92. The first kappa shape index (κ1) is 47.8. The monoisotopic (exact) mass is 664 g/mol. The van der Waals surface area contributed by atoms with E-state index in [2.05, 4.69) is 0 Å². The van der Waals surface area contributed by atoms with Gasteiger partial charge in [-0.3, -0.25) is 0 Å². The van der Waals surface area contributed by atoms with Crippen LogP contribution < -0.4 is 18.9 Å². The molecule has 8 nitrogen and oxygen atoms in total. The smallest absolute Gasteiger partial charge is 1.00 e. The molecule has 0 aliphatic rings. The van der Waals surface area contributed by atoms with Crippen molar-refractivity contribution >= 4 is 23.9 Å². The van der Waals surface area contributed by atoms with E-state index in [1.54, 1.807) is 0 Å². The third-order valence-electron chi connectivity index (χ3n) is 2.50. The minimum atomic E-state index is -6.02. The Balaban J connectivity index is -0.000000101. The van der Waals surface area contributed by atoms with Crippen LogP contribution in [-0.2, 0) is 19.2 Å². The van der Waals surface area contributed by atoms with Gasteiger partial charge in [0, 0.05) is 0 Å². The zero-order chi connectivity index (χ0) is 34.3. The fourth-order valence-electron chi connectivity index (χ4n) is 0.485. The van der Waals surface area contributed by atoms with Crippen molar-refractivity contribution in [1.82, 2.24) is 0 Å². The maximum Gasteiger partial charge on any atom is 1.00 e. The fraction of sp³-hybridized carbons (Fsp3) is 0.667. The fourth-order valence-corrected chi connectivity index (χ4v) is 0.485. The van der Waals surface area contributed by atoms with E-state index in [-0.39, 0.29) is 20.3 Å². The van der Waals surface area contributed by atoms with E-state index in [1.165, 1.54) is 0 Å². The minimum absolute atomic E-state index is 0. The van der Waals surface area contributed by atoms with Crippen LogP contribution in [0.4, 0.5) is 87.8 Å². The summed E-state index contributed by atoms with van der Waals surface area (Å²) in [5.41, 5.74) is 0. The minimum Gasteiger partial charge on any atom is -1.00 e. The van der Waals surface area contributed by atoms with Crippen molar-refractivity contribution in [2.45, 2.75) is 48.4 Å². The second-order valence-corrected chi connectivity index (χ2v) is 5.51. The molecule has 0 radical (unpaired) electrons. The molecule has 0 aromatic carbocycles. The van der Waals surface area contributed by atoms with E-state index in [9.17, 15) is 107 Å². The summed E-state index contributed by atoms with van der Waals surface area (Å²) in [6.45, 7) is 0. The maximum atomic E-state index is 11.3. The quantitative estimate of drug-likeness (QED) is 0.264. The number of halogens is 20. The number of carboxylic acid groups (broad SMARTS) is 4. The molecular weight excluding hydrogens is 659 g/mol. The largest absolute Gasteiger partial charge is 1.00 e. The molecule has 0 bridgehead atoms. The van der Waals surface area contributed by atoms with Crippen LogP contribution in [0.25, 0.3) is 0 Å². The van der Waals surface area contributed by atoms with Gasteiger partial charge in [-0.15, -0.1) is 0 Å². The van der Waals surface area contributed by atoms with E-state index < -0.39 is 72.3 Å². The first-order chi connectivity index (χ1) is 16.8. The van der Waals surface area contributed by atoms with Gasteiger partial charge in [0.15, 0.2) is 0 Å². The van der Waals surface area contributed by atoms with Crippen LogP contribution in [0.1, 0.15) is 1.43 Å². The molecular formula is C12H5F20LiO8. The number of aliphatic carboxylic acids is 4. The van der Waals surface area contributed by atoms with Crippen molar-refractivity contribution in [3.63, 3.8) is 0 Å². The van der Waals surface area contributed by atoms with E-state index in [1.807, 2.05) is 0 Å². The van der Waals surface area contributed by atoms with Crippen LogP contribution in [0.15, 0.2) is 0 Å². The van der Waals surface area contributed by atoms with Crippen LogP contribution in [0.5, 0.6) is 0 Å². The van der Waals surface area contributed by atoms with Crippen molar-refractivity contribution in [3.05, 3.63) is 0 Å². The van der Waals surface area contributed by atoms with E-state index in [0.29, 0.717) is 0 Å². The second kappa shape index (κ2) is 14.8. The average molecular weight is 664 g/mol. The van der Waals surface area contributed by atoms with Gasteiger partial charge in [-0.2, -0.15) is 87.8 Å². The van der Waals surface area contributed by atoms with Crippen LogP contribution >= 0.6 is 0 Å². The van der Waals surface area contributed by atoms with Gasteiger partial charge in [-0.1, -0.05) is 0 Å². The number of carboxylic acids is 4. The Labute approximate surface area is 221 Å². The SMILES string of the molecule is O=C(O)C(F)(F)C(F)(F)F.O=C(O)C(F)(F)C(F)(F)F.O=C(O)C(F)(F)C(F)(F)F.O=C(O)C(F)(F)C(F)(F)F.[H-].[Li+]. The maximum absolute atomic E-state index is 11.3. The third-order valence-corrected chi connectivity index (χ3v) is 2.50. The molecule has 0 aliphatic carbocycles. The van der Waals surface area contributed by atoms with Crippen molar-refractivity contribution in [2.24, 2.45) is 0 Å². The van der Waals surface area contributed by atoms with E-state index >= 15 is 0 Å². The zero-order valence-corrected chi connectivity index (χ0v) is 18.0. The van der Waals surface area contributed by atoms with Gasteiger partial charge >= 0.3 is 91.1 Å². The number of hydrogen-bond donors (Lipinski definition) is 4. The van der Waals surface area contributed by atoms with Gasteiger partial charge in [-0.05, 0) is 0 Å². The summed E-state index contributed by atoms with van der Waals surface area (Å²) < 4.78 is 222. The van der Waals surface area contributed by atoms with Gasteiger partial charge < -0.3 is 21.9 Å². The number of alkyl halides is 20. The molecule has 0 aromatic heterocycles. The van der Waals surface area contributed by atoms with Crippen molar-refractivity contribution < 1.29 is 148 Å². The van der Waals surface area contributed by atoms with Gasteiger partial charge in [0.1, 0.15) is 0 Å². The summed E-state index contributed by atoms with van der Waals surface area (Å²) in [5.74, 6) is -35.4. The van der Waals surface area contributed by atoms with Crippen LogP contribution in [0.3, 0.4) is 0 Å². The topological polar surface area (TPSA) is 149 Å². The predicted molar refractivity (Wildman–Crippen MR) is 75.7 cm³/mol. The molecule has 0 atom stereocenters. The molecule has 29 heteroatoms. The van der Waals surface area contributed by atoms with E-state index in [0.717, 1.165) is 0 Å². The molecule has 41 heavy (non-hydrogen) atoms. The summed E-state index contributed by atoms with van der Waals surface area (Å²) in [6.07, 6.45) is -24.1. The van der Waals surface area contributed by atoms with Crippen LogP contribution in [0, 0.1) is 0 Å². The molecule has 0 rings (SSSR count). The molecule has 0 heterocycles. The van der Waals surface area contributed by atoms with Gasteiger partial charge in [0.05, 0.1) is 0 Å². The predicted octanol–water partition coefficient (Wildman–Crippen LogP) is 2.19. The molecule has 0 aliphatic heterocycles. The molecule has 0 unspecified atom stereocenters. The zero-order valence-electron chi connectivity index (χ0n) is 19.0. The number of rotatable bonds is 4. The summed E-state index contributed by atoms with van der Waals surface area (Å²) in [7, 11) is 0. The van der Waals surface area contributed by atoms with Crippen LogP contribution in [0.2, 0.25) is 0 Å². The summed E-state index contributed by atoms with van der Waals surface area (Å²) in [6, 6.07) is 0.